The second-order valence-electron chi connectivity index (χ2n) is 13.3. The Bertz CT molecular complexity index is 4530. The smallest absolute Gasteiger partial charge is 0.136 e. The normalized spacial score (nSPS) is 16.7. The van der Waals surface area contributed by atoms with Gasteiger partial charge in [0.25, 0.3) is 0 Å². The van der Waals surface area contributed by atoms with Crippen molar-refractivity contribution in [1.82, 2.24) is 0 Å². The maximum atomic E-state index is 9.62. The SMILES string of the molecule is [2H]c1c([2H])c(-c2c3c([2H])c([2H])c([2H])c([2H])c3c(-c3cccc(-c4ccc5c(c4)oc4ccc6oc7ccccc7c6c45)c3)c3c([2H])c([2H])c([2H])c([2H])c23)c([2H])c([2H])c1-c1c([2H])c([2H])c([2H])c2c([2H])c([2H])c([2H])c([2H])c12. The first-order valence-corrected chi connectivity index (χ1v) is 17.6. The number of furan rings is 2. The van der Waals surface area contributed by atoms with Gasteiger partial charge in [0.15, 0.2) is 0 Å². The third kappa shape index (κ3) is 4.63. The molecule has 12 rings (SSSR count). The van der Waals surface area contributed by atoms with Crippen LogP contribution in [0.1, 0.15) is 26.0 Å². The summed E-state index contributed by atoms with van der Waals surface area (Å²) in [6.07, 6.45) is 0. The second-order valence-corrected chi connectivity index (χ2v) is 13.3. The van der Waals surface area contributed by atoms with Crippen molar-refractivity contribution >= 4 is 76.2 Å². The fourth-order valence-corrected chi connectivity index (χ4v) is 7.84. The Hall–Kier alpha value is -7.42. The molecule has 0 N–H and O–H groups in total. The topological polar surface area (TPSA) is 26.3 Å². The minimum Gasteiger partial charge on any atom is -0.456 e. The van der Waals surface area contributed by atoms with Crippen molar-refractivity contribution in [2.24, 2.45) is 0 Å². The molecule has 2 heterocycles. The number of rotatable bonds is 4. The average Bonchev–Trinajstić information content (AvgIpc) is 3.98. The quantitative estimate of drug-likeness (QED) is 0.169. The van der Waals surface area contributed by atoms with E-state index in [0.29, 0.717) is 27.9 Å². The lowest BCUT2D eigenvalue weighted by molar-refractivity contribution is 0.663. The van der Waals surface area contributed by atoms with Gasteiger partial charge in [0.05, 0.1) is 26.0 Å². The van der Waals surface area contributed by atoms with E-state index in [-0.39, 0.29) is 21.9 Å². The van der Waals surface area contributed by atoms with Gasteiger partial charge in [0, 0.05) is 21.5 Å². The number of hydrogen-bond donors (Lipinski definition) is 0. The molecule has 0 fully saturated rings. The lowest BCUT2D eigenvalue weighted by atomic mass is 9.85. The van der Waals surface area contributed by atoms with Crippen molar-refractivity contribution in [3.63, 3.8) is 0 Å². The minimum atomic E-state index is -0.922. The van der Waals surface area contributed by atoms with Crippen LogP contribution in [0.15, 0.2) is 203 Å². The Morgan fingerprint density at radius 3 is 1.61 bits per heavy atom. The maximum absolute atomic E-state index is 9.62. The molecular formula is C54H32O2. The van der Waals surface area contributed by atoms with Crippen LogP contribution in [0, 0.1) is 0 Å². The Balaban J connectivity index is 1.16. The van der Waals surface area contributed by atoms with Crippen LogP contribution in [0.2, 0.25) is 0 Å². The fraction of sp³-hybridized carbons (Fsp3) is 0. The van der Waals surface area contributed by atoms with E-state index in [2.05, 4.69) is 0 Å². The summed E-state index contributed by atoms with van der Waals surface area (Å²) in [6.45, 7) is 0. The molecule has 0 aliphatic rings. The summed E-state index contributed by atoms with van der Waals surface area (Å²) < 4.78 is 185. The van der Waals surface area contributed by atoms with Gasteiger partial charge in [-0.2, -0.15) is 0 Å². The predicted molar refractivity (Wildman–Crippen MR) is 235 cm³/mol. The van der Waals surface area contributed by atoms with Gasteiger partial charge in [0.2, 0.25) is 0 Å². The molecule has 260 valence electrons. The number of fused-ring (bicyclic) bond motifs is 10. The molecule has 0 saturated carbocycles. The van der Waals surface area contributed by atoms with Crippen LogP contribution in [0.4, 0.5) is 0 Å². The van der Waals surface area contributed by atoms with Gasteiger partial charge in [-0.25, -0.2) is 0 Å². The molecule has 2 aromatic heterocycles. The number of hydrogen-bond acceptors (Lipinski definition) is 2. The second kappa shape index (κ2) is 12.0. The van der Waals surface area contributed by atoms with E-state index in [1.54, 1.807) is 24.3 Å². The Labute approximate surface area is 349 Å². The molecule has 0 saturated heterocycles. The summed E-state index contributed by atoms with van der Waals surface area (Å²) in [5, 5.41) is 1.16. The van der Waals surface area contributed by atoms with E-state index in [9.17, 15) is 11.0 Å². The van der Waals surface area contributed by atoms with Crippen molar-refractivity contribution in [2.45, 2.75) is 0 Å². The van der Waals surface area contributed by atoms with Gasteiger partial charge >= 0.3 is 0 Å². The first kappa shape index (κ1) is 17.8. The van der Waals surface area contributed by atoms with E-state index in [4.69, 9.17) is 23.9 Å². The molecule has 0 aliphatic carbocycles. The van der Waals surface area contributed by atoms with Gasteiger partial charge < -0.3 is 8.83 Å². The van der Waals surface area contributed by atoms with Crippen molar-refractivity contribution in [3.05, 3.63) is 194 Å². The molecule has 2 nitrogen and oxygen atoms in total. The zero-order chi connectivity index (χ0) is 53.3. The zero-order valence-electron chi connectivity index (χ0n) is 47.8. The van der Waals surface area contributed by atoms with Crippen molar-refractivity contribution in [1.29, 1.82) is 0 Å². The monoisotopic (exact) mass is 731 g/mol. The third-order valence-electron chi connectivity index (χ3n) is 10.3. The summed E-state index contributed by atoms with van der Waals surface area (Å²) in [5.41, 5.74) is 1.60. The van der Waals surface area contributed by atoms with Gasteiger partial charge in [-0.1, -0.05) is 157 Å². The van der Waals surface area contributed by atoms with Crippen LogP contribution in [-0.2, 0) is 0 Å². The highest BCUT2D eigenvalue weighted by Crippen LogP contribution is 2.45. The standard InChI is InChI=1S/C54H32O2/c1-2-15-39-33(11-1)12-10-21-40(39)34-23-25-35(26-24-34)51-41-16-3-5-18-43(41)52(44-19-6-4-17-42(44)51)38-14-9-13-36(31-38)37-27-28-46-50(32-37)56-49-30-29-48-53(54(46)49)45-20-7-8-22-47(45)55-48/h1-32H/i1D,2D,3D,4D,5D,6D,10D,11D,12D,15D,16D,17D,18D,19D,21D,23D,24D,25D,26D. The van der Waals surface area contributed by atoms with Gasteiger partial charge in [-0.3, -0.25) is 0 Å². The van der Waals surface area contributed by atoms with Crippen LogP contribution in [0.25, 0.3) is 121 Å². The van der Waals surface area contributed by atoms with Crippen LogP contribution >= 0.6 is 0 Å². The molecule has 0 amide bonds. The van der Waals surface area contributed by atoms with Crippen LogP contribution in [-0.4, -0.2) is 0 Å². The lowest BCUT2D eigenvalue weighted by Gasteiger charge is -2.18. The minimum absolute atomic E-state index is 0.0478. The third-order valence-corrected chi connectivity index (χ3v) is 10.3. The molecule has 0 spiro atoms. The van der Waals surface area contributed by atoms with Gasteiger partial charge in [-0.05, 0) is 113 Å². The number of benzene rings is 10. The van der Waals surface area contributed by atoms with E-state index in [1.165, 1.54) is 0 Å². The Morgan fingerprint density at radius 1 is 0.321 bits per heavy atom. The summed E-state index contributed by atoms with van der Waals surface area (Å²) in [4.78, 5) is 0. The molecule has 12 aromatic rings. The Kier molecular flexibility index (Phi) is 3.83. The maximum Gasteiger partial charge on any atom is 0.136 e. The van der Waals surface area contributed by atoms with E-state index in [1.807, 2.05) is 54.6 Å². The van der Waals surface area contributed by atoms with Crippen LogP contribution in [0.5, 0.6) is 0 Å². The van der Waals surface area contributed by atoms with E-state index in [0.717, 1.165) is 27.1 Å². The highest BCUT2D eigenvalue weighted by molar-refractivity contribution is 6.26. The molecule has 0 aliphatic heterocycles. The molecule has 10 aromatic carbocycles. The Morgan fingerprint density at radius 2 is 0.875 bits per heavy atom. The molecular weight excluding hydrogens is 681 g/mol. The summed E-state index contributed by atoms with van der Waals surface area (Å²) in [7, 11) is 0. The predicted octanol–water partition coefficient (Wildman–Crippen LogP) is 15.6. The molecule has 0 unspecified atom stereocenters. The molecule has 2 heteroatoms. The van der Waals surface area contributed by atoms with Gasteiger partial charge in [0.1, 0.15) is 22.3 Å². The van der Waals surface area contributed by atoms with E-state index >= 15 is 0 Å². The molecule has 0 atom stereocenters. The largest absolute Gasteiger partial charge is 0.456 e. The molecule has 56 heavy (non-hydrogen) atoms. The zero-order valence-corrected chi connectivity index (χ0v) is 28.8. The van der Waals surface area contributed by atoms with Crippen LogP contribution < -0.4 is 0 Å². The first-order chi connectivity index (χ1) is 35.7. The van der Waals surface area contributed by atoms with Crippen molar-refractivity contribution in [3.8, 4) is 44.5 Å². The highest BCUT2D eigenvalue weighted by Gasteiger charge is 2.19. The van der Waals surface area contributed by atoms with Crippen molar-refractivity contribution < 1.29 is 34.9 Å². The lowest BCUT2D eigenvalue weighted by Crippen LogP contribution is -1.91. The summed E-state index contributed by atoms with van der Waals surface area (Å²) in [6, 6.07) is 8.97. The van der Waals surface area contributed by atoms with E-state index < -0.39 is 159 Å². The number of para-hydroxylation sites is 1. The average molecular weight is 732 g/mol. The van der Waals surface area contributed by atoms with Crippen LogP contribution in [0.3, 0.4) is 0 Å². The van der Waals surface area contributed by atoms with Gasteiger partial charge in [-0.15, -0.1) is 0 Å². The summed E-state index contributed by atoms with van der Waals surface area (Å²) >= 11 is 0. The highest BCUT2D eigenvalue weighted by atomic mass is 16.3. The molecule has 0 radical (unpaired) electrons. The summed E-state index contributed by atoms with van der Waals surface area (Å²) in [5.74, 6) is 0. The van der Waals surface area contributed by atoms with Crippen molar-refractivity contribution in [2.75, 3.05) is 0 Å². The molecule has 0 bridgehead atoms. The fourth-order valence-electron chi connectivity index (χ4n) is 7.84. The first-order valence-electron chi connectivity index (χ1n) is 27.1.